The number of nitrogens with two attached hydrogens (primary N) is 1. The minimum absolute atomic E-state index is 0.407. The first kappa shape index (κ1) is 9.46. The Bertz CT molecular complexity index is 338. The summed E-state index contributed by atoms with van der Waals surface area (Å²) in [6.07, 6.45) is 4.06. The lowest BCUT2D eigenvalue weighted by atomic mass is 10.0. The molecule has 0 spiro atoms. The van der Waals surface area contributed by atoms with Crippen molar-refractivity contribution < 1.29 is 5.11 Å². The summed E-state index contributed by atoms with van der Waals surface area (Å²) in [6.45, 7) is 2.20. The SMILES string of the molecule is C[C@@H]1CC[C@@H](O)c2ncc(N)cc2C1. The van der Waals surface area contributed by atoms with Gasteiger partial charge in [-0.05, 0) is 36.8 Å². The van der Waals surface area contributed by atoms with E-state index in [0.29, 0.717) is 11.6 Å². The van der Waals surface area contributed by atoms with Crippen molar-refractivity contribution in [2.75, 3.05) is 5.73 Å². The topological polar surface area (TPSA) is 59.1 Å². The number of fused-ring (bicyclic) bond motifs is 1. The molecule has 0 amide bonds. The van der Waals surface area contributed by atoms with Gasteiger partial charge in [0.15, 0.2) is 0 Å². The standard InChI is InChI=1S/C11H16N2O/c1-7-2-3-10(14)11-8(4-7)5-9(12)6-13-11/h5-7,10,14H,2-4,12H2,1H3/t7-,10-/m1/s1. The average molecular weight is 192 g/mol. The first-order chi connectivity index (χ1) is 6.66. The van der Waals surface area contributed by atoms with Gasteiger partial charge in [-0.1, -0.05) is 6.92 Å². The number of rotatable bonds is 0. The van der Waals surface area contributed by atoms with Crippen molar-refractivity contribution in [3.05, 3.63) is 23.5 Å². The van der Waals surface area contributed by atoms with E-state index in [2.05, 4.69) is 11.9 Å². The third-order valence-corrected chi connectivity index (χ3v) is 2.84. The molecule has 0 fully saturated rings. The van der Waals surface area contributed by atoms with Gasteiger partial charge in [0.05, 0.1) is 23.7 Å². The Morgan fingerprint density at radius 1 is 1.50 bits per heavy atom. The number of nitrogen functional groups attached to an aromatic ring is 1. The molecule has 3 heteroatoms. The molecular weight excluding hydrogens is 176 g/mol. The van der Waals surface area contributed by atoms with E-state index < -0.39 is 6.10 Å². The van der Waals surface area contributed by atoms with Crippen LogP contribution in [0.25, 0.3) is 0 Å². The normalized spacial score (nSPS) is 26.7. The summed E-state index contributed by atoms with van der Waals surface area (Å²) in [6, 6.07) is 1.94. The minimum Gasteiger partial charge on any atom is -0.397 e. The third kappa shape index (κ3) is 1.73. The summed E-state index contributed by atoms with van der Waals surface area (Å²) >= 11 is 0. The monoisotopic (exact) mass is 192 g/mol. The molecule has 0 unspecified atom stereocenters. The molecule has 3 nitrogen and oxygen atoms in total. The van der Waals surface area contributed by atoms with Gasteiger partial charge >= 0.3 is 0 Å². The molecule has 1 aromatic heterocycles. The summed E-state index contributed by atoms with van der Waals surface area (Å²) in [5, 5.41) is 9.85. The minimum atomic E-state index is -0.407. The van der Waals surface area contributed by atoms with Gasteiger partial charge in [0.25, 0.3) is 0 Å². The number of aliphatic hydroxyl groups excluding tert-OH is 1. The zero-order valence-corrected chi connectivity index (χ0v) is 8.40. The van der Waals surface area contributed by atoms with E-state index in [9.17, 15) is 5.11 Å². The molecule has 2 atom stereocenters. The number of pyridine rings is 1. The number of anilines is 1. The number of aliphatic hydroxyl groups is 1. The van der Waals surface area contributed by atoms with Crippen molar-refractivity contribution in [3.8, 4) is 0 Å². The fraction of sp³-hybridized carbons (Fsp3) is 0.545. The Morgan fingerprint density at radius 2 is 2.29 bits per heavy atom. The Balaban J connectivity index is 2.41. The van der Waals surface area contributed by atoms with Gasteiger partial charge in [-0.25, -0.2) is 0 Å². The summed E-state index contributed by atoms with van der Waals surface area (Å²) in [5.41, 5.74) is 8.30. The summed E-state index contributed by atoms with van der Waals surface area (Å²) in [4.78, 5) is 4.22. The number of nitrogens with zero attached hydrogens (tertiary/aromatic N) is 1. The summed E-state index contributed by atoms with van der Waals surface area (Å²) < 4.78 is 0. The molecule has 0 bridgehead atoms. The van der Waals surface area contributed by atoms with E-state index in [-0.39, 0.29) is 0 Å². The second-order valence-electron chi connectivity index (χ2n) is 4.22. The maximum Gasteiger partial charge on any atom is 0.0962 e. The molecule has 0 aromatic carbocycles. The van der Waals surface area contributed by atoms with Crippen LogP contribution in [0.3, 0.4) is 0 Å². The predicted octanol–water partition coefficient (Wildman–Crippen LogP) is 1.67. The third-order valence-electron chi connectivity index (χ3n) is 2.84. The molecule has 2 rings (SSSR count). The first-order valence-electron chi connectivity index (χ1n) is 5.09. The van der Waals surface area contributed by atoms with Crippen molar-refractivity contribution in [1.82, 2.24) is 4.98 Å². The van der Waals surface area contributed by atoms with Gasteiger partial charge in [-0.3, -0.25) is 4.98 Å². The van der Waals surface area contributed by atoms with Crippen LogP contribution >= 0.6 is 0 Å². The first-order valence-corrected chi connectivity index (χ1v) is 5.09. The van der Waals surface area contributed by atoms with Crippen LogP contribution in [-0.4, -0.2) is 10.1 Å². The molecule has 14 heavy (non-hydrogen) atoms. The molecule has 3 N–H and O–H groups in total. The van der Waals surface area contributed by atoms with Crippen LogP contribution < -0.4 is 5.73 Å². The highest BCUT2D eigenvalue weighted by atomic mass is 16.3. The van der Waals surface area contributed by atoms with Gasteiger partial charge in [-0.15, -0.1) is 0 Å². The number of aromatic nitrogens is 1. The van der Waals surface area contributed by atoms with Crippen molar-refractivity contribution in [3.63, 3.8) is 0 Å². The predicted molar refractivity (Wildman–Crippen MR) is 55.7 cm³/mol. The largest absolute Gasteiger partial charge is 0.397 e. The Kier molecular flexibility index (Phi) is 2.42. The van der Waals surface area contributed by atoms with Gasteiger partial charge in [0.2, 0.25) is 0 Å². The Labute approximate surface area is 84.0 Å². The molecular formula is C11H16N2O. The van der Waals surface area contributed by atoms with Crippen molar-refractivity contribution in [2.45, 2.75) is 32.3 Å². The number of hydrogen-bond donors (Lipinski definition) is 2. The van der Waals surface area contributed by atoms with Crippen LogP contribution in [0.4, 0.5) is 5.69 Å². The van der Waals surface area contributed by atoms with Gasteiger partial charge < -0.3 is 10.8 Å². The van der Waals surface area contributed by atoms with Crippen LogP contribution in [0.2, 0.25) is 0 Å². The van der Waals surface area contributed by atoms with Crippen LogP contribution in [0.1, 0.15) is 37.1 Å². The van der Waals surface area contributed by atoms with E-state index in [4.69, 9.17) is 5.73 Å². The maximum atomic E-state index is 9.85. The molecule has 76 valence electrons. The number of hydrogen-bond acceptors (Lipinski definition) is 3. The van der Waals surface area contributed by atoms with Crippen LogP contribution in [-0.2, 0) is 6.42 Å². The van der Waals surface area contributed by atoms with Gasteiger partial charge in [-0.2, -0.15) is 0 Å². The zero-order valence-electron chi connectivity index (χ0n) is 8.40. The van der Waals surface area contributed by atoms with Crippen molar-refractivity contribution in [1.29, 1.82) is 0 Å². The van der Waals surface area contributed by atoms with Crippen LogP contribution in [0.5, 0.6) is 0 Å². The summed E-state index contributed by atoms with van der Waals surface area (Å²) in [5.74, 6) is 0.606. The average Bonchev–Trinajstić information content (AvgIpc) is 2.26. The van der Waals surface area contributed by atoms with E-state index in [0.717, 1.165) is 30.5 Å². The lowest BCUT2D eigenvalue weighted by Gasteiger charge is -2.10. The lowest BCUT2D eigenvalue weighted by Crippen LogP contribution is -2.03. The summed E-state index contributed by atoms with van der Waals surface area (Å²) in [7, 11) is 0. The molecule has 1 aliphatic carbocycles. The Morgan fingerprint density at radius 3 is 3.07 bits per heavy atom. The highest BCUT2D eigenvalue weighted by molar-refractivity contribution is 5.41. The molecule has 0 radical (unpaired) electrons. The molecule has 0 aliphatic heterocycles. The van der Waals surface area contributed by atoms with E-state index in [1.54, 1.807) is 6.20 Å². The van der Waals surface area contributed by atoms with E-state index in [1.165, 1.54) is 0 Å². The van der Waals surface area contributed by atoms with Crippen LogP contribution in [0.15, 0.2) is 12.3 Å². The smallest absolute Gasteiger partial charge is 0.0962 e. The van der Waals surface area contributed by atoms with Crippen LogP contribution in [0, 0.1) is 5.92 Å². The van der Waals surface area contributed by atoms with Gasteiger partial charge in [0, 0.05) is 0 Å². The molecule has 0 saturated carbocycles. The van der Waals surface area contributed by atoms with E-state index in [1.807, 2.05) is 6.07 Å². The molecule has 1 aromatic rings. The Hall–Kier alpha value is -1.09. The maximum absolute atomic E-state index is 9.85. The molecule has 1 heterocycles. The highest BCUT2D eigenvalue weighted by Gasteiger charge is 2.21. The second-order valence-corrected chi connectivity index (χ2v) is 4.22. The molecule has 1 aliphatic rings. The lowest BCUT2D eigenvalue weighted by molar-refractivity contribution is 0.158. The van der Waals surface area contributed by atoms with E-state index >= 15 is 0 Å². The van der Waals surface area contributed by atoms with Crippen molar-refractivity contribution in [2.24, 2.45) is 5.92 Å². The quantitative estimate of drug-likeness (QED) is 0.615. The second kappa shape index (κ2) is 3.58. The zero-order chi connectivity index (χ0) is 10.1. The van der Waals surface area contributed by atoms with Gasteiger partial charge in [0.1, 0.15) is 0 Å². The molecule has 0 saturated heterocycles. The fourth-order valence-corrected chi connectivity index (χ4v) is 2.06. The fourth-order valence-electron chi connectivity index (χ4n) is 2.06. The van der Waals surface area contributed by atoms with Crippen molar-refractivity contribution >= 4 is 5.69 Å². The highest BCUT2D eigenvalue weighted by Crippen LogP contribution is 2.30.